The van der Waals surface area contributed by atoms with Gasteiger partial charge in [0.15, 0.2) is 0 Å². The molecule has 2 saturated carbocycles. The van der Waals surface area contributed by atoms with Crippen molar-refractivity contribution in [2.24, 2.45) is 11.8 Å². The molecule has 0 saturated heterocycles. The lowest BCUT2D eigenvalue weighted by atomic mass is 9.77. The van der Waals surface area contributed by atoms with Crippen LogP contribution in [0.1, 0.15) is 202 Å². The monoisotopic (exact) mass is 627 g/mol. The predicted molar refractivity (Wildman–Crippen MR) is 200 cm³/mol. The van der Waals surface area contributed by atoms with E-state index in [1.807, 2.05) is 0 Å². The first-order valence-corrected chi connectivity index (χ1v) is 20.3. The second-order valence-corrected chi connectivity index (χ2v) is 15.6. The molecule has 2 aromatic rings. The van der Waals surface area contributed by atoms with Gasteiger partial charge >= 0.3 is 0 Å². The van der Waals surface area contributed by atoms with Crippen LogP contribution < -0.4 is 0 Å². The number of carbonyl (C=O) groups excluding carboxylic acids is 1. The Kier molecular flexibility index (Phi) is 17.6. The molecule has 2 aromatic carbocycles. The first-order chi connectivity index (χ1) is 22.6. The molecular weight excluding hydrogens is 556 g/mol. The summed E-state index contributed by atoms with van der Waals surface area (Å²) < 4.78 is 0. The average Bonchev–Trinajstić information content (AvgIpc) is 3.10. The van der Waals surface area contributed by atoms with E-state index in [2.05, 4.69) is 62.4 Å². The van der Waals surface area contributed by atoms with Gasteiger partial charge in [-0.2, -0.15) is 0 Å². The van der Waals surface area contributed by atoms with E-state index in [-0.39, 0.29) is 0 Å². The minimum atomic E-state index is 0.522. The SMILES string of the molecule is CCCCc1ccc(C2CCC(CCCCCCC(=O)CCCCCC[C@H]3CC[C@H](c4ccc(CCCC)cc4)CC3)CC2)cc1. The van der Waals surface area contributed by atoms with Crippen molar-refractivity contribution < 1.29 is 4.79 Å². The first kappa shape index (κ1) is 36.9. The van der Waals surface area contributed by atoms with E-state index in [4.69, 9.17) is 0 Å². The maximum absolute atomic E-state index is 12.4. The van der Waals surface area contributed by atoms with Gasteiger partial charge < -0.3 is 0 Å². The van der Waals surface area contributed by atoms with Crippen LogP contribution in [0.4, 0.5) is 0 Å². The van der Waals surface area contributed by atoms with Crippen molar-refractivity contribution in [3.63, 3.8) is 0 Å². The molecule has 0 bridgehead atoms. The van der Waals surface area contributed by atoms with Gasteiger partial charge in [-0.05, 0) is 136 Å². The lowest BCUT2D eigenvalue weighted by Crippen LogP contribution is -2.13. The van der Waals surface area contributed by atoms with Crippen LogP contribution in [0.3, 0.4) is 0 Å². The molecular formula is C45H70O. The third-order valence-corrected chi connectivity index (χ3v) is 11.9. The summed E-state index contributed by atoms with van der Waals surface area (Å²) in [5.41, 5.74) is 6.18. The zero-order valence-corrected chi connectivity index (χ0v) is 30.2. The summed E-state index contributed by atoms with van der Waals surface area (Å²) in [5.74, 6) is 3.98. The predicted octanol–water partition coefficient (Wildman–Crippen LogP) is 13.9. The first-order valence-electron chi connectivity index (χ1n) is 20.3. The zero-order valence-electron chi connectivity index (χ0n) is 30.2. The number of hydrogen-bond acceptors (Lipinski definition) is 1. The molecule has 0 unspecified atom stereocenters. The number of hydrogen-bond donors (Lipinski definition) is 0. The fourth-order valence-corrected chi connectivity index (χ4v) is 8.59. The van der Waals surface area contributed by atoms with Gasteiger partial charge in [-0.3, -0.25) is 4.79 Å². The molecule has 0 N–H and O–H groups in total. The Hall–Kier alpha value is -1.89. The average molecular weight is 627 g/mol. The van der Waals surface area contributed by atoms with Crippen molar-refractivity contribution in [1.29, 1.82) is 0 Å². The van der Waals surface area contributed by atoms with Crippen molar-refractivity contribution in [3.8, 4) is 0 Å². The Bertz CT molecular complexity index is 964. The Morgan fingerprint density at radius 2 is 0.848 bits per heavy atom. The van der Waals surface area contributed by atoms with Crippen LogP contribution in [0.2, 0.25) is 0 Å². The largest absolute Gasteiger partial charge is 0.300 e. The second kappa shape index (κ2) is 21.9. The van der Waals surface area contributed by atoms with Gasteiger partial charge in [-0.1, -0.05) is 127 Å². The van der Waals surface area contributed by atoms with Crippen LogP contribution in [0.25, 0.3) is 0 Å². The number of rotatable bonds is 22. The number of ketones is 1. The van der Waals surface area contributed by atoms with Crippen LogP contribution in [0, 0.1) is 11.8 Å². The lowest BCUT2D eigenvalue weighted by molar-refractivity contribution is -0.119. The topological polar surface area (TPSA) is 17.1 Å². The quantitative estimate of drug-likeness (QED) is 0.119. The summed E-state index contributed by atoms with van der Waals surface area (Å²) in [5, 5.41) is 0. The maximum Gasteiger partial charge on any atom is 0.132 e. The van der Waals surface area contributed by atoms with Crippen LogP contribution in [-0.2, 0) is 17.6 Å². The van der Waals surface area contributed by atoms with Gasteiger partial charge in [0.05, 0.1) is 0 Å². The zero-order chi connectivity index (χ0) is 32.2. The molecule has 0 spiro atoms. The summed E-state index contributed by atoms with van der Waals surface area (Å²) in [6, 6.07) is 19.2. The summed E-state index contributed by atoms with van der Waals surface area (Å²) in [6.07, 6.45) is 33.4. The van der Waals surface area contributed by atoms with Gasteiger partial charge in [-0.25, -0.2) is 0 Å². The molecule has 1 nitrogen and oxygen atoms in total. The van der Waals surface area contributed by atoms with E-state index < -0.39 is 0 Å². The normalized spacial score (nSPS) is 21.8. The van der Waals surface area contributed by atoms with Crippen molar-refractivity contribution in [3.05, 3.63) is 70.8 Å². The smallest absolute Gasteiger partial charge is 0.132 e. The molecule has 0 aromatic heterocycles. The fourth-order valence-electron chi connectivity index (χ4n) is 8.59. The number of benzene rings is 2. The Morgan fingerprint density at radius 3 is 1.22 bits per heavy atom. The Balaban J connectivity index is 0.927. The van der Waals surface area contributed by atoms with Gasteiger partial charge in [0.25, 0.3) is 0 Å². The summed E-state index contributed by atoms with van der Waals surface area (Å²) in [4.78, 5) is 12.4. The summed E-state index contributed by atoms with van der Waals surface area (Å²) in [7, 11) is 0. The molecule has 2 aliphatic rings. The third-order valence-electron chi connectivity index (χ3n) is 11.9. The summed E-state index contributed by atoms with van der Waals surface area (Å²) >= 11 is 0. The highest BCUT2D eigenvalue weighted by Crippen LogP contribution is 2.39. The Morgan fingerprint density at radius 1 is 0.478 bits per heavy atom. The Labute approximate surface area is 285 Å². The standard InChI is InChI=1S/C45H70O/c1-3-5-15-37-21-29-41(30-22-37)43-33-25-39(26-34-43)17-11-7-9-13-19-45(46)20-14-10-8-12-18-40-27-35-44(36-28-40)42-31-23-38(24-32-42)16-6-4-2/h21-24,29-32,39-40,43-44H,3-20,25-28,33-36H2,1-2H3/t39-,40?,43-,44?. The molecule has 46 heavy (non-hydrogen) atoms. The van der Waals surface area contributed by atoms with Crippen LogP contribution in [0.5, 0.6) is 0 Å². The minimum absolute atomic E-state index is 0.522. The molecule has 1 heteroatoms. The molecule has 0 amide bonds. The van der Waals surface area contributed by atoms with Crippen molar-refractivity contribution in [2.45, 2.75) is 193 Å². The van der Waals surface area contributed by atoms with Gasteiger partial charge in [-0.15, -0.1) is 0 Å². The molecule has 256 valence electrons. The van der Waals surface area contributed by atoms with E-state index in [0.29, 0.717) is 5.78 Å². The molecule has 0 radical (unpaired) electrons. The number of aryl methyl sites for hydroxylation is 2. The van der Waals surface area contributed by atoms with E-state index in [1.165, 1.54) is 152 Å². The van der Waals surface area contributed by atoms with E-state index in [9.17, 15) is 4.79 Å². The second-order valence-electron chi connectivity index (χ2n) is 15.6. The molecule has 2 fully saturated rings. The van der Waals surface area contributed by atoms with E-state index >= 15 is 0 Å². The highest BCUT2D eigenvalue weighted by Gasteiger charge is 2.23. The molecule has 0 aliphatic heterocycles. The third kappa shape index (κ3) is 13.7. The molecule has 0 atom stereocenters. The van der Waals surface area contributed by atoms with Crippen molar-refractivity contribution >= 4 is 5.78 Å². The van der Waals surface area contributed by atoms with Gasteiger partial charge in [0.1, 0.15) is 5.78 Å². The van der Waals surface area contributed by atoms with Crippen LogP contribution in [0.15, 0.2) is 48.5 Å². The van der Waals surface area contributed by atoms with Crippen molar-refractivity contribution in [1.82, 2.24) is 0 Å². The summed E-state index contributed by atoms with van der Waals surface area (Å²) in [6.45, 7) is 4.55. The number of unbranched alkanes of at least 4 members (excludes halogenated alkanes) is 8. The molecule has 2 aliphatic carbocycles. The number of Topliss-reactive ketones (excluding diaryl/α,β-unsaturated/α-hetero) is 1. The van der Waals surface area contributed by atoms with Gasteiger partial charge in [0.2, 0.25) is 0 Å². The maximum atomic E-state index is 12.4. The highest BCUT2D eigenvalue weighted by molar-refractivity contribution is 5.78. The van der Waals surface area contributed by atoms with Gasteiger partial charge in [0, 0.05) is 12.8 Å². The van der Waals surface area contributed by atoms with E-state index in [1.54, 1.807) is 11.1 Å². The van der Waals surface area contributed by atoms with Crippen LogP contribution in [-0.4, -0.2) is 5.78 Å². The molecule has 4 rings (SSSR count). The van der Waals surface area contributed by atoms with Crippen LogP contribution >= 0.6 is 0 Å². The lowest BCUT2D eigenvalue weighted by Gasteiger charge is -2.29. The highest BCUT2D eigenvalue weighted by atomic mass is 16.1. The van der Waals surface area contributed by atoms with Crippen molar-refractivity contribution in [2.75, 3.05) is 0 Å². The molecule has 0 heterocycles. The van der Waals surface area contributed by atoms with E-state index in [0.717, 1.165) is 49.4 Å². The number of carbonyl (C=O) groups is 1. The fraction of sp³-hybridized carbons (Fsp3) is 0.711. The minimum Gasteiger partial charge on any atom is -0.300 e.